The van der Waals surface area contributed by atoms with Crippen LogP contribution in [0.5, 0.6) is 0 Å². The molecular formula is C18H13BrN4O2S. The summed E-state index contributed by atoms with van der Waals surface area (Å²) in [6.45, 7) is 0. The normalized spacial score (nSPS) is 11.0. The molecule has 0 aliphatic rings. The van der Waals surface area contributed by atoms with Gasteiger partial charge in [0.2, 0.25) is 5.91 Å². The zero-order valence-corrected chi connectivity index (χ0v) is 15.8. The van der Waals surface area contributed by atoms with Crippen molar-refractivity contribution in [3.8, 4) is 11.5 Å². The second kappa shape index (κ2) is 7.35. The highest BCUT2D eigenvalue weighted by molar-refractivity contribution is 9.10. The lowest BCUT2D eigenvalue weighted by Crippen LogP contribution is -2.14. The maximum absolute atomic E-state index is 12.1. The number of H-pyrrole nitrogens is 1. The Morgan fingerprint density at radius 2 is 1.96 bits per heavy atom. The third-order valence-electron chi connectivity index (χ3n) is 3.70. The first kappa shape index (κ1) is 16.9. The van der Waals surface area contributed by atoms with Crippen molar-refractivity contribution in [2.75, 3.05) is 11.1 Å². The van der Waals surface area contributed by atoms with Crippen LogP contribution in [0.2, 0.25) is 0 Å². The van der Waals surface area contributed by atoms with Crippen molar-refractivity contribution in [2.24, 2.45) is 0 Å². The van der Waals surface area contributed by atoms with E-state index in [-0.39, 0.29) is 11.7 Å². The number of nitrogens with zero attached hydrogens (tertiary/aromatic N) is 2. The van der Waals surface area contributed by atoms with Gasteiger partial charge in [-0.25, -0.2) is 0 Å². The number of aromatic nitrogens is 3. The van der Waals surface area contributed by atoms with Crippen LogP contribution < -0.4 is 5.32 Å². The second-order valence-electron chi connectivity index (χ2n) is 5.44. The summed E-state index contributed by atoms with van der Waals surface area (Å²) in [6, 6.07) is 15.3. The number of rotatable bonds is 5. The van der Waals surface area contributed by atoms with E-state index in [4.69, 9.17) is 4.42 Å². The Hall–Kier alpha value is -2.58. The highest BCUT2D eigenvalue weighted by Crippen LogP contribution is 2.29. The molecule has 0 bridgehead atoms. The van der Waals surface area contributed by atoms with Gasteiger partial charge >= 0.3 is 0 Å². The number of benzene rings is 2. The predicted molar refractivity (Wildman–Crippen MR) is 105 cm³/mol. The number of hydrogen-bond acceptors (Lipinski definition) is 5. The summed E-state index contributed by atoms with van der Waals surface area (Å²) < 4.78 is 6.52. The summed E-state index contributed by atoms with van der Waals surface area (Å²) in [4.78, 5) is 15.3. The van der Waals surface area contributed by atoms with Crippen LogP contribution in [0.3, 0.4) is 0 Å². The van der Waals surface area contributed by atoms with E-state index in [1.54, 1.807) is 0 Å². The van der Waals surface area contributed by atoms with E-state index in [0.717, 1.165) is 26.6 Å². The number of hydrogen-bond donors (Lipinski definition) is 2. The van der Waals surface area contributed by atoms with Gasteiger partial charge < -0.3 is 14.7 Å². The van der Waals surface area contributed by atoms with Gasteiger partial charge in [-0.15, -0.1) is 10.2 Å². The molecule has 0 unspecified atom stereocenters. The summed E-state index contributed by atoms with van der Waals surface area (Å²) >= 11 is 4.60. The molecule has 0 fully saturated rings. The molecule has 0 spiro atoms. The van der Waals surface area contributed by atoms with Crippen molar-refractivity contribution >= 4 is 50.2 Å². The lowest BCUT2D eigenvalue weighted by molar-refractivity contribution is -0.113. The summed E-state index contributed by atoms with van der Waals surface area (Å²) in [5.74, 6) is 0.460. The molecule has 2 heterocycles. The molecule has 8 heteroatoms. The molecule has 2 aromatic carbocycles. The summed E-state index contributed by atoms with van der Waals surface area (Å²) in [5.41, 5.74) is 2.57. The molecule has 26 heavy (non-hydrogen) atoms. The molecule has 0 aliphatic carbocycles. The Labute approximate surface area is 161 Å². The number of para-hydroxylation sites is 2. The van der Waals surface area contributed by atoms with Gasteiger partial charge in [0, 0.05) is 21.6 Å². The van der Waals surface area contributed by atoms with Gasteiger partial charge in [0.05, 0.1) is 17.0 Å². The van der Waals surface area contributed by atoms with Gasteiger partial charge in [-0.2, -0.15) is 0 Å². The van der Waals surface area contributed by atoms with Gasteiger partial charge in [-0.3, -0.25) is 4.79 Å². The molecule has 4 aromatic rings. The Kier molecular flexibility index (Phi) is 4.77. The third kappa shape index (κ3) is 3.51. The van der Waals surface area contributed by atoms with Gasteiger partial charge in [-0.1, -0.05) is 42.1 Å². The van der Waals surface area contributed by atoms with E-state index in [1.807, 2.05) is 54.7 Å². The van der Waals surface area contributed by atoms with Crippen LogP contribution in [0.25, 0.3) is 22.4 Å². The average molecular weight is 429 g/mol. The van der Waals surface area contributed by atoms with Gasteiger partial charge in [0.15, 0.2) is 0 Å². The fraction of sp³-hybridized carbons (Fsp3) is 0.0556. The number of anilines is 1. The average Bonchev–Trinajstić information content (AvgIpc) is 3.28. The molecule has 0 saturated carbocycles. The topological polar surface area (TPSA) is 83.8 Å². The summed E-state index contributed by atoms with van der Waals surface area (Å²) in [5, 5.41) is 12.3. The quantitative estimate of drug-likeness (QED) is 0.449. The molecule has 1 amide bonds. The van der Waals surface area contributed by atoms with Crippen LogP contribution in [0.4, 0.5) is 5.69 Å². The van der Waals surface area contributed by atoms with Crippen molar-refractivity contribution in [1.82, 2.24) is 15.2 Å². The van der Waals surface area contributed by atoms with Crippen molar-refractivity contribution in [3.63, 3.8) is 0 Å². The largest absolute Gasteiger partial charge is 0.411 e. The van der Waals surface area contributed by atoms with Gasteiger partial charge in [0.1, 0.15) is 0 Å². The summed E-state index contributed by atoms with van der Waals surface area (Å²) in [6.07, 6.45) is 1.84. The van der Waals surface area contributed by atoms with Crippen molar-refractivity contribution in [3.05, 3.63) is 59.2 Å². The number of carbonyl (C=O) groups is 1. The van der Waals surface area contributed by atoms with Crippen LogP contribution in [0, 0.1) is 0 Å². The molecule has 4 rings (SSSR count). The van der Waals surface area contributed by atoms with Crippen LogP contribution in [-0.4, -0.2) is 26.8 Å². The maximum atomic E-state index is 12.1. The van der Waals surface area contributed by atoms with Crippen LogP contribution >= 0.6 is 27.7 Å². The number of aromatic amines is 1. The van der Waals surface area contributed by atoms with Crippen molar-refractivity contribution in [2.45, 2.75) is 5.22 Å². The minimum absolute atomic E-state index is 0.145. The Bertz CT molecular complexity index is 1080. The highest BCUT2D eigenvalue weighted by Gasteiger charge is 2.14. The number of halogens is 1. The van der Waals surface area contributed by atoms with Crippen LogP contribution in [0.1, 0.15) is 0 Å². The van der Waals surface area contributed by atoms with E-state index in [0.29, 0.717) is 11.1 Å². The SMILES string of the molecule is O=C(CSc1nnc(-c2c[nH]c3ccccc23)o1)Nc1ccccc1Br. The van der Waals surface area contributed by atoms with E-state index in [1.165, 1.54) is 11.8 Å². The first-order chi connectivity index (χ1) is 12.7. The van der Waals surface area contributed by atoms with E-state index in [9.17, 15) is 4.79 Å². The molecule has 0 atom stereocenters. The number of carbonyl (C=O) groups excluding carboxylic acids is 1. The number of thioether (sulfide) groups is 1. The van der Waals surface area contributed by atoms with E-state index in [2.05, 4.69) is 36.4 Å². The van der Waals surface area contributed by atoms with E-state index >= 15 is 0 Å². The third-order valence-corrected chi connectivity index (χ3v) is 5.21. The molecule has 0 aliphatic heterocycles. The van der Waals surface area contributed by atoms with E-state index < -0.39 is 0 Å². The highest BCUT2D eigenvalue weighted by atomic mass is 79.9. The minimum Gasteiger partial charge on any atom is -0.411 e. The number of amides is 1. The molecular weight excluding hydrogens is 416 g/mol. The Balaban J connectivity index is 1.42. The summed E-state index contributed by atoms with van der Waals surface area (Å²) in [7, 11) is 0. The first-order valence-corrected chi connectivity index (χ1v) is 9.56. The second-order valence-corrected chi connectivity index (χ2v) is 7.22. The molecule has 0 radical (unpaired) electrons. The van der Waals surface area contributed by atoms with Crippen LogP contribution in [-0.2, 0) is 4.79 Å². The Morgan fingerprint density at radius 3 is 2.85 bits per heavy atom. The lowest BCUT2D eigenvalue weighted by Gasteiger charge is -2.05. The molecule has 2 N–H and O–H groups in total. The number of nitrogens with one attached hydrogen (secondary N) is 2. The molecule has 2 aromatic heterocycles. The molecule has 6 nitrogen and oxygen atoms in total. The van der Waals surface area contributed by atoms with Gasteiger partial charge in [-0.05, 0) is 34.1 Å². The monoisotopic (exact) mass is 428 g/mol. The zero-order valence-electron chi connectivity index (χ0n) is 13.4. The minimum atomic E-state index is -0.145. The smallest absolute Gasteiger partial charge is 0.277 e. The fourth-order valence-corrected chi connectivity index (χ4v) is 3.45. The lowest BCUT2D eigenvalue weighted by atomic mass is 10.2. The van der Waals surface area contributed by atoms with Crippen molar-refractivity contribution in [1.29, 1.82) is 0 Å². The zero-order chi connectivity index (χ0) is 17.9. The molecule has 130 valence electrons. The predicted octanol–water partition coefficient (Wildman–Crippen LogP) is 4.71. The first-order valence-electron chi connectivity index (χ1n) is 7.78. The number of fused-ring (bicyclic) bond motifs is 1. The van der Waals surface area contributed by atoms with Gasteiger partial charge in [0.25, 0.3) is 11.1 Å². The maximum Gasteiger partial charge on any atom is 0.277 e. The standard InChI is InChI=1S/C18H13BrN4O2S/c19-13-6-2-4-8-15(13)21-16(24)10-26-18-23-22-17(25-18)12-9-20-14-7-3-1-5-11(12)14/h1-9,20H,10H2,(H,21,24). The molecule has 0 saturated heterocycles. The Morgan fingerprint density at radius 1 is 1.15 bits per heavy atom. The van der Waals surface area contributed by atoms with Crippen LogP contribution in [0.15, 0.2) is 68.8 Å². The van der Waals surface area contributed by atoms with Crippen molar-refractivity contribution < 1.29 is 9.21 Å². The fourth-order valence-electron chi connectivity index (χ4n) is 2.50.